The molecule has 0 spiro atoms. The van der Waals surface area contributed by atoms with Gasteiger partial charge in [-0.25, -0.2) is 4.79 Å². The van der Waals surface area contributed by atoms with E-state index in [4.69, 9.17) is 9.26 Å². The molecule has 0 radical (unpaired) electrons. The normalized spacial score (nSPS) is 11.8. The number of carbonyl (C=O) groups excluding carboxylic acids is 1. The summed E-state index contributed by atoms with van der Waals surface area (Å²) in [6.45, 7) is 14.3. The highest BCUT2D eigenvalue weighted by Gasteiger charge is 2.15. The van der Waals surface area contributed by atoms with Crippen LogP contribution < -0.4 is 16.0 Å². The third-order valence-corrected chi connectivity index (χ3v) is 3.48. The Morgan fingerprint density at radius 3 is 2.45 bits per heavy atom. The lowest BCUT2D eigenvalue weighted by Gasteiger charge is -2.19. The summed E-state index contributed by atoms with van der Waals surface area (Å²) in [5.74, 6) is 2.44. The summed E-state index contributed by atoms with van der Waals surface area (Å²) in [6.07, 6.45) is 1.93. The summed E-state index contributed by atoms with van der Waals surface area (Å²) in [7, 11) is 0. The first-order chi connectivity index (χ1) is 13.2. The van der Waals surface area contributed by atoms with Gasteiger partial charge in [-0.15, -0.1) is 24.0 Å². The number of halogens is 1. The van der Waals surface area contributed by atoms with Gasteiger partial charge >= 0.3 is 6.09 Å². The minimum Gasteiger partial charge on any atom is -0.444 e. The van der Waals surface area contributed by atoms with Crippen molar-refractivity contribution in [2.24, 2.45) is 4.99 Å². The predicted molar refractivity (Wildman–Crippen MR) is 125 cm³/mol. The van der Waals surface area contributed by atoms with Crippen LogP contribution in [0.15, 0.2) is 9.52 Å². The highest BCUT2D eigenvalue weighted by Crippen LogP contribution is 2.10. The highest BCUT2D eigenvalue weighted by atomic mass is 127. The van der Waals surface area contributed by atoms with E-state index < -0.39 is 11.7 Å². The minimum absolute atomic E-state index is 0. The van der Waals surface area contributed by atoms with Crippen LogP contribution in [-0.2, 0) is 11.2 Å². The molecular weight excluding hydrogens is 487 g/mol. The van der Waals surface area contributed by atoms with Crippen molar-refractivity contribution in [2.75, 3.05) is 26.2 Å². The molecule has 0 aliphatic heterocycles. The molecular formula is C19H37IN6O3. The minimum atomic E-state index is -0.484. The van der Waals surface area contributed by atoms with E-state index >= 15 is 0 Å². The zero-order valence-corrected chi connectivity index (χ0v) is 20.8. The number of nitrogens with one attached hydrogen (secondary N) is 3. The first-order valence-electron chi connectivity index (χ1n) is 10.0. The third kappa shape index (κ3) is 13.3. The van der Waals surface area contributed by atoms with E-state index in [1.165, 1.54) is 0 Å². The summed E-state index contributed by atoms with van der Waals surface area (Å²) < 4.78 is 10.4. The number of amides is 1. The van der Waals surface area contributed by atoms with Gasteiger partial charge in [-0.2, -0.15) is 4.98 Å². The molecule has 0 aliphatic rings. The van der Waals surface area contributed by atoms with E-state index in [1.54, 1.807) is 0 Å². The molecule has 0 bridgehead atoms. The Hall–Kier alpha value is -1.59. The van der Waals surface area contributed by atoms with Crippen LogP contribution in [0.2, 0.25) is 0 Å². The van der Waals surface area contributed by atoms with Crippen molar-refractivity contribution in [3.8, 4) is 0 Å². The number of carbonyl (C=O) groups is 1. The molecule has 168 valence electrons. The first kappa shape index (κ1) is 27.4. The molecule has 29 heavy (non-hydrogen) atoms. The molecule has 0 saturated heterocycles. The van der Waals surface area contributed by atoms with Gasteiger partial charge < -0.3 is 25.2 Å². The van der Waals surface area contributed by atoms with Crippen molar-refractivity contribution in [1.82, 2.24) is 26.1 Å². The van der Waals surface area contributed by atoms with Crippen LogP contribution in [-0.4, -0.2) is 54.0 Å². The topological polar surface area (TPSA) is 114 Å². The molecule has 9 nitrogen and oxygen atoms in total. The van der Waals surface area contributed by atoms with Gasteiger partial charge in [0.25, 0.3) is 0 Å². The van der Waals surface area contributed by atoms with E-state index in [-0.39, 0.29) is 29.9 Å². The SMILES string of the molecule is CCNC(=NCCCNC(=O)OC(C)(C)C)NCCCc1nc(C(C)C)no1.I. The molecule has 0 unspecified atom stereocenters. The maximum absolute atomic E-state index is 11.6. The standard InChI is InChI=1S/C19H36N6O3.HI/c1-7-20-17(22-12-9-13-23-18(26)27-19(4,5)6)21-11-8-10-15-24-16(14(2)3)25-28-15;/h14H,7-13H2,1-6H3,(H,23,26)(H2,20,21,22);1H. The second kappa shape index (κ2) is 14.4. The van der Waals surface area contributed by atoms with Crippen LogP contribution in [0.3, 0.4) is 0 Å². The Bertz CT molecular complexity index is 613. The average Bonchev–Trinajstić information content (AvgIpc) is 3.06. The maximum atomic E-state index is 11.6. The molecule has 0 aromatic carbocycles. The maximum Gasteiger partial charge on any atom is 0.407 e. The summed E-state index contributed by atoms with van der Waals surface area (Å²) >= 11 is 0. The predicted octanol–water partition coefficient (Wildman–Crippen LogP) is 3.21. The lowest BCUT2D eigenvalue weighted by atomic mass is 10.2. The second-order valence-electron chi connectivity index (χ2n) is 7.77. The molecule has 3 N–H and O–H groups in total. The van der Waals surface area contributed by atoms with E-state index in [9.17, 15) is 4.79 Å². The van der Waals surface area contributed by atoms with Gasteiger partial charge in [0.1, 0.15) is 5.60 Å². The van der Waals surface area contributed by atoms with E-state index in [0.717, 1.165) is 44.1 Å². The summed E-state index contributed by atoms with van der Waals surface area (Å²) in [4.78, 5) is 20.5. The molecule has 0 saturated carbocycles. The Morgan fingerprint density at radius 1 is 1.17 bits per heavy atom. The molecule has 1 heterocycles. The van der Waals surface area contributed by atoms with E-state index in [2.05, 4.69) is 31.1 Å². The molecule has 10 heteroatoms. The number of aryl methyl sites for hydroxylation is 1. The summed E-state index contributed by atoms with van der Waals surface area (Å²) in [6, 6.07) is 0. The van der Waals surface area contributed by atoms with E-state index in [1.807, 2.05) is 41.5 Å². The Labute approximate surface area is 191 Å². The average molecular weight is 524 g/mol. The van der Waals surface area contributed by atoms with Gasteiger partial charge in [0.05, 0.1) is 0 Å². The molecule has 1 rings (SSSR count). The number of hydrogen-bond donors (Lipinski definition) is 3. The Kier molecular flexibility index (Phi) is 13.6. The van der Waals surface area contributed by atoms with Crippen molar-refractivity contribution >= 4 is 36.0 Å². The lowest BCUT2D eigenvalue weighted by Crippen LogP contribution is -2.38. The highest BCUT2D eigenvalue weighted by molar-refractivity contribution is 14.0. The molecule has 1 amide bonds. The molecule has 0 atom stereocenters. The summed E-state index contributed by atoms with van der Waals surface area (Å²) in [5, 5.41) is 13.2. The van der Waals surface area contributed by atoms with Gasteiger partial charge in [-0.05, 0) is 40.5 Å². The van der Waals surface area contributed by atoms with Gasteiger partial charge in [0.2, 0.25) is 5.89 Å². The number of aliphatic imine (C=N–C) groups is 1. The van der Waals surface area contributed by atoms with Gasteiger partial charge in [-0.1, -0.05) is 19.0 Å². The van der Waals surface area contributed by atoms with Crippen LogP contribution in [0.5, 0.6) is 0 Å². The molecule has 1 aromatic rings. The number of guanidine groups is 1. The van der Waals surface area contributed by atoms with Gasteiger partial charge in [0.15, 0.2) is 11.8 Å². The van der Waals surface area contributed by atoms with Crippen LogP contribution >= 0.6 is 24.0 Å². The van der Waals surface area contributed by atoms with Crippen molar-refractivity contribution in [3.05, 3.63) is 11.7 Å². The number of aromatic nitrogens is 2. The zero-order valence-electron chi connectivity index (χ0n) is 18.5. The van der Waals surface area contributed by atoms with Crippen LogP contribution in [0, 0.1) is 0 Å². The largest absolute Gasteiger partial charge is 0.444 e. The summed E-state index contributed by atoms with van der Waals surface area (Å²) in [5.41, 5.74) is -0.484. The Balaban J connectivity index is 0.00000784. The number of hydrogen-bond acceptors (Lipinski definition) is 6. The van der Waals surface area contributed by atoms with Crippen molar-refractivity contribution in [1.29, 1.82) is 0 Å². The number of alkyl carbamates (subject to hydrolysis) is 1. The molecule has 1 aromatic heterocycles. The monoisotopic (exact) mass is 524 g/mol. The number of nitrogens with zero attached hydrogens (tertiary/aromatic N) is 3. The van der Waals surface area contributed by atoms with Gasteiger partial charge in [-0.3, -0.25) is 4.99 Å². The fraction of sp³-hybridized carbons (Fsp3) is 0.789. The lowest BCUT2D eigenvalue weighted by molar-refractivity contribution is 0.0527. The fourth-order valence-corrected chi connectivity index (χ4v) is 2.17. The zero-order chi connectivity index (χ0) is 21.0. The quantitative estimate of drug-likeness (QED) is 0.186. The number of rotatable bonds is 10. The second-order valence-corrected chi connectivity index (χ2v) is 7.77. The van der Waals surface area contributed by atoms with Crippen LogP contribution in [0.4, 0.5) is 4.79 Å². The molecule has 0 fully saturated rings. The molecule has 0 aliphatic carbocycles. The van der Waals surface area contributed by atoms with Gasteiger partial charge in [0, 0.05) is 38.5 Å². The smallest absolute Gasteiger partial charge is 0.407 e. The first-order valence-corrected chi connectivity index (χ1v) is 10.0. The number of ether oxygens (including phenoxy) is 1. The van der Waals surface area contributed by atoms with Crippen molar-refractivity contribution in [2.45, 2.75) is 72.3 Å². The van der Waals surface area contributed by atoms with Crippen molar-refractivity contribution < 1.29 is 14.1 Å². The van der Waals surface area contributed by atoms with Crippen LogP contribution in [0.1, 0.15) is 72.0 Å². The third-order valence-electron chi connectivity index (χ3n) is 3.48. The van der Waals surface area contributed by atoms with E-state index in [0.29, 0.717) is 19.0 Å². The fourth-order valence-electron chi connectivity index (χ4n) is 2.17. The van der Waals surface area contributed by atoms with Crippen LogP contribution in [0.25, 0.3) is 0 Å². The Morgan fingerprint density at radius 2 is 1.86 bits per heavy atom. The van der Waals surface area contributed by atoms with Crippen molar-refractivity contribution in [3.63, 3.8) is 0 Å².